The molecule has 2 rings (SSSR count). The second-order valence-corrected chi connectivity index (χ2v) is 5.81. The summed E-state index contributed by atoms with van der Waals surface area (Å²) in [6.45, 7) is 9.99. The molecule has 0 radical (unpaired) electrons. The third-order valence-electron chi connectivity index (χ3n) is 4.13. The van der Waals surface area contributed by atoms with E-state index < -0.39 is 0 Å². The SMILES string of the molecule is CCC(CC)n1ncc(C(=O)NC(C)c2nccc(C)n2)c1C. The molecule has 0 aliphatic carbocycles. The quantitative estimate of drug-likeness (QED) is 0.889. The van der Waals surface area contributed by atoms with Gasteiger partial charge in [-0.05, 0) is 39.7 Å². The Kier molecular flexibility index (Phi) is 5.47. The second kappa shape index (κ2) is 7.35. The van der Waals surface area contributed by atoms with E-state index in [-0.39, 0.29) is 11.9 Å². The predicted molar refractivity (Wildman–Crippen MR) is 89.2 cm³/mol. The maximum Gasteiger partial charge on any atom is 0.255 e. The van der Waals surface area contributed by atoms with E-state index in [1.807, 2.05) is 31.5 Å². The summed E-state index contributed by atoms with van der Waals surface area (Å²) in [5.74, 6) is 0.473. The zero-order chi connectivity index (χ0) is 17.0. The van der Waals surface area contributed by atoms with Gasteiger partial charge in [0.25, 0.3) is 5.91 Å². The molecule has 2 heterocycles. The average molecular weight is 315 g/mol. The van der Waals surface area contributed by atoms with Crippen molar-refractivity contribution in [3.8, 4) is 0 Å². The first-order valence-corrected chi connectivity index (χ1v) is 8.12. The largest absolute Gasteiger partial charge is 0.342 e. The molecule has 0 bridgehead atoms. The molecule has 0 aliphatic rings. The minimum Gasteiger partial charge on any atom is -0.342 e. The Hall–Kier alpha value is -2.24. The summed E-state index contributed by atoms with van der Waals surface area (Å²) in [5, 5.41) is 7.35. The van der Waals surface area contributed by atoms with Crippen molar-refractivity contribution in [3.63, 3.8) is 0 Å². The molecule has 2 aromatic heterocycles. The summed E-state index contributed by atoms with van der Waals surface area (Å²) < 4.78 is 1.95. The summed E-state index contributed by atoms with van der Waals surface area (Å²) in [7, 11) is 0. The summed E-state index contributed by atoms with van der Waals surface area (Å²) in [6.07, 6.45) is 5.34. The van der Waals surface area contributed by atoms with Gasteiger partial charge in [0, 0.05) is 17.6 Å². The molecule has 6 nitrogen and oxygen atoms in total. The zero-order valence-corrected chi connectivity index (χ0v) is 14.5. The van der Waals surface area contributed by atoms with Gasteiger partial charge in [-0.25, -0.2) is 9.97 Å². The highest BCUT2D eigenvalue weighted by molar-refractivity contribution is 5.95. The molecule has 2 aromatic rings. The fourth-order valence-corrected chi connectivity index (χ4v) is 2.66. The molecule has 0 saturated heterocycles. The molecule has 0 aliphatic heterocycles. The smallest absolute Gasteiger partial charge is 0.255 e. The molecule has 1 N–H and O–H groups in total. The van der Waals surface area contributed by atoms with Gasteiger partial charge < -0.3 is 5.32 Å². The minimum atomic E-state index is -0.252. The number of carbonyl (C=O) groups excluding carboxylic acids is 1. The number of amides is 1. The second-order valence-electron chi connectivity index (χ2n) is 5.81. The maximum absolute atomic E-state index is 12.5. The van der Waals surface area contributed by atoms with E-state index in [1.165, 1.54) is 0 Å². The van der Waals surface area contributed by atoms with E-state index in [1.54, 1.807) is 12.4 Å². The molecule has 23 heavy (non-hydrogen) atoms. The summed E-state index contributed by atoms with van der Waals surface area (Å²) in [5.41, 5.74) is 2.39. The number of rotatable bonds is 6. The Morgan fingerprint density at radius 2 is 2.00 bits per heavy atom. The minimum absolute atomic E-state index is 0.141. The van der Waals surface area contributed by atoms with E-state index in [4.69, 9.17) is 0 Å². The lowest BCUT2D eigenvalue weighted by Crippen LogP contribution is -2.28. The molecule has 0 saturated carbocycles. The molecule has 124 valence electrons. The summed E-state index contributed by atoms with van der Waals surface area (Å²) in [6, 6.07) is 1.91. The molecule has 1 amide bonds. The molecule has 1 atom stereocenters. The molecular weight excluding hydrogens is 290 g/mol. The lowest BCUT2D eigenvalue weighted by molar-refractivity contribution is 0.0937. The van der Waals surface area contributed by atoms with Gasteiger partial charge in [0.15, 0.2) is 0 Å². The van der Waals surface area contributed by atoms with Crippen molar-refractivity contribution in [2.45, 2.75) is 59.5 Å². The van der Waals surface area contributed by atoms with E-state index in [0.29, 0.717) is 17.4 Å². The fourth-order valence-electron chi connectivity index (χ4n) is 2.66. The molecular formula is C17H25N5O. The third kappa shape index (κ3) is 3.75. The van der Waals surface area contributed by atoms with Crippen LogP contribution in [0.1, 0.15) is 73.3 Å². The van der Waals surface area contributed by atoms with E-state index in [0.717, 1.165) is 24.2 Å². The third-order valence-corrected chi connectivity index (χ3v) is 4.13. The van der Waals surface area contributed by atoms with Crippen LogP contribution in [0.4, 0.5) is 0 Å². The molecule has 1 unspecified atom stereocenters. The number of nitrogens with one attached hydrogen (secondary N) is 1. The first kappa shape index (κ1) is 17.1. The van der Waals surface area contributed by atoms with Gasteiger partial charge in [0.05, 0.1) is 23.8 Å². The van der Waals surface area contributed by atoms with Crippen molar-refractivity contribution in [3.05, 3.63) is 41.2 Å². The number of nitrogens with zero attached hydrogens (tertiary/aromatic N) is 4. The van der Waals surface area contributed by atoms with Gasteiger partial charge >= 0.3 is 0 Å². The fraction of sp³-hybridized carbons (Fsp3) is 0.529. The number of hydrogen-bond donors (Lipinski definition) is 1. The topological polar surface area (TPSA) is 72.7 Å². The first-order valence-electron chi connectivity index (χ1n) is 8.12. The Morgan fingerprint density at radius 1 is 1.30 bits per heavy atom. The van der Waals surface area contributed by atoms with Crippen molar-refractivity contribution in [2.24, 2.45) is 0 Å². The number of aromatic nitrogens is 4. The molecule has 6 heteroatoms. The van der Waals surface area contributed by atoms with Crippen molar-refractivity contribution >= 4 is 5.91 Å². The highest BCUT2D eigenvalue weighted by Gasteiger charge is 2.20. The standard InChI is InChI=1S/C17H25N5O/c1-6-14(7-2)22-13(5)15(10-19-22)17(23)21-12(4)16-18-9-8-11(3)20-16/h8-10,12,14H,6-7H2,1-5H3,(H,21,23). The monoisotopic (exact) mass is 315 g/mol. The normalized spacial score (nSPS) is 12.4. The van der Waals surface area contributed by atoms with Crippen molar-refractivity contribution in [1.82, 2.24) is 25.1 Å². The zero-order valence-electron chi connectivity index (χ0n) is 14.5. The van der Waals surface area contributed by atoms with Crippen LogP contribution in [0, 0.1) is 13.8 Å². The highest BCUT2D eigenvalue weighted by Crippen LogP contribution is 2.19. The highest BCUT2D eigenvalue weighted by atomic mass is 16.1. The molecule has 0 aromatic carbocycles. The Balaban J connectivity index is 2.15. The van der Waals surface area contributed by atoms with E-state index in [9.17, 15) is 4.79 Å². The van der Waals surface area contributed by atoms with Crippen LogP contribution in [-0.2, 0) is 0 Å². The van der Waals surface area contributed by atoms with Crippen LogP contribution < -0.4 is 5.32 Å². The van der Waals surface area contributed by atoms with Gasteiger partial charge in [-0.3, -0.25) is 9.48 Å². The number of aryl methyl sites for hydroxylation is 1. The first-order chi connectivity index (χ1) is 11.0. The van der Waals surface area contributed by atoms with Crippen molar-refractivity contribution in [2.75, 3.05) is 0 Å². The van der Waals surface area contributed by atoms with Crippen LogP contribution in [0.5, 0.6) is 0 Å². The molecule has 0 fully saturated rings. The lowest BCUT2D eigenvalue weighted by Gasteiger charge is -2.16. The van der Waals surface area contributed by atoms with Gasteiger partial charge in [-0.2, -0.15) is 5.10 Å². The van der Waals surface area contributed by atoms with Gasteiger partial charge in [-0.1, -0.05) is 13.8 Å². The maximum atomic E-state index is 12.5. The Labute approximate surface area is 137 Å². The van der Waals surface area contributed by atoms with E-state index >= 15 is 0 Å². The molecule has 0 spiro atoms. The van der Waals surface area contributed by atoms with Crippen molar-refractivity contribution < 1.29 is 4.79 Å². The average Bonchev–Trinajstić information content (AvgIpc) is 2.90. The van der Waals surface area contributed by atoms with E-state index in [2.05, 4.69) is 34.2 Å². The van der Waals surface area contributed by atoms with Gasteiger partial charge in [0.2, 0.25) is 0 Å². The van der Waals surface area contributed by atoms with Crippen LogP contribution in [0.2, 0.25) is 0 Å². The van der Waals surface area contributed by atoms with Crippen LogP contribution in [-0.4, -0.2) is 25.7 Å². The Bertz CT molecular complexity index is 675. The summed E-state index contributed by atoms with van der Waals surface area (Å²) >= 11 is 0. The van der Waals surface area contributed by atoms with Gasteiger partial charge in [-0.15, -0.1) is 0 Å². The number of carbonyl (C=O) groups is 1. The van der Waals surface area contributed by atoms with Crippen LogP contribution in [0.15, 0.2) is 18.5 Å². The predicted octanol–water partition coefficient (Wildman–Crippen LogP) is 3.14. The van der Waals surface area contributed by atoms with Crippen molar-refractivity contribution in [1.29, 1.82) is 0 Å². The van der Waals surface area contributed by atoms with Crippen LogP contribution >= 0.6 is 0 Å². The van der Waals surface area contributed by atoms with Crippen LogP contribution in [0.25, 0.3) is 0 Å². The number of hydrogen-bond acceptors (Lipinski definition) is 4. The Morgan fingerprint density at radius 3 is 2.61 bits per heavy atom. The summed E-state index contributed by atoms with van der Waals surface area (Å²) in [4.78, 5) is 21.1. The van der Waals surface area contributed by atoms with Crippen LogP contribution in [0.3, 0.4) is 0 Å². The van der Waals surface area contributed by atoms with Gasteiger partial charge in [0.1, 0.15) is 5.82 Å². The lowest BCUT2D eigenvalue weighted by atomic mass is 10.1.